The second kappa shape index (κ2) is 5.58. The lowest BCUT2D eigenvalue weighted by Crippen LogP contribution is -2.21. The van der Waals surface area contributed by atoms with Gasteiger partial charge in [-0.1, -0.05) is 6.07 Å². The molecular weight excluding hydrogens is 208 g/mol. The molecule has 0 heterocycles. The maximum Gasteiger partial charge on any atom is 0.272 e. The molecule has 1 rings (SSSR count). The Hall–Kier alpha value is -1.46. The Morgan fingerprint density at radius 3 is 2.69 bits per heavy atom. The number of rotatable bonds is 5. The molecule has 0 spiro atoms. The van der Waals surface area contributed by atoms with E-state index >= 15 is 0 Å². The fourth-order valence-corrected chi connectivity index (χ4v) is 1.58. The molecule has 0 aromatic heterocycles. The van der Waals surface area contributed by atoms with Gasteiger partial charge in [-0.3, -0.25) is 15.0 Å². The molecule has 0 aliphatic rings. The van der Waals surface area contributed by atoms with Crippen LogP contribution in [0.1, 0.15) is 11.1 Å². The third-order valence-electron chi connectivity index (χ3n) is 2.39. The fraction of sp³-hybridized carbons (Fsp3) is 0.455. The van der Waals surface area contributed by atoms with Crippen molar-refractivity contribution in [2.75, 3.05) is 20.2 Å². The quantitative estimate of drug-likeness (QED) is 0.605. The molecule has 1 aromatic carbocycles. The minimum Gasteiger partial charge on any atom is -0.395 e. The van der Waals surface area contributed by atoms with Gasteiger partial charge in [-0.05, 0) is 25.6 Å². The van der Waals surface area contributed by atoms with Crippen LogP contribution in [0, 0.1) is 17.0 Å². The number of hydrogen-bond donors (Lipinski definition) is 1. The molecule has 88 valence electrons. The van der Waals surface area contributed by atoms with Gasteiger partial charge in [0.05, 0.1) is 11.5 Å². The number of nitro benzene ring substituents is 1. The average Bonchev–Trinajstić information content (AvgIpc) is 2.17. The van der Waals surface area contributed by atoms with Crippen LogP contribution in [-0.4, -0.2) is 35.1 Å². The van der Waals surface area contributed by atoms with Crippen molar-refractivity contribution in [3.63, 3.8) is 0 Å². The molecule has 0 amide bonds. The molecular formula is C11H16N2O3. The predicted octanol–water partition coefficient (Wildman–Crippen LogP) is 1.33. The van der Waals surface area contributed by atoms with Crippen LogP contribution in [-0.2, 0) is 6.54 Å². The first-order valence-electron chi connectivity index (χ1n) is 5.08. The predicted molar refractivity (Wildman–Crippen MR) is 61.3 cm³/mol. The van der Waals surface area contributed by atoms with E-state index in [0.29, 0.717) is 18.7 Å². The number of aryl methyl sites for hydroxylation is 1. The maximum atomic E-state index is 10.6. The number of nitro groups is 1. The summed E-state index contributed by atoms with van der Waals surface area (Å²) >= 11 is 0. The van der Waals surface area contributed by atoms with Crippen molar-refractivity contribution in [2.45, 2.75) is 13.5 Å². The molecule has 16 heavy (non-hydrogen) atoms. The third-order valence-corrected chi connectivity index (χ3v) is 2.39. The van der Waals surface area contributed by atoms with Crippen LogP contribution >= 0.6 is 0 Å². The van der Waals surface area contributed by atoms with E-state index < -0.39 is 0 Å². The van der Waals surface area contributed by atoms with Crippen LogP contribution in [0.4, 0.5) is 5.69 Å². The molecule has 1 aromatic rings. The zero-order chi connectivity index (χ0) is 12.1. The van der Waals surface area contributed by atoms with Crippen LogP contribution in [0.25, 0.3) is 0 Å². The summed E-state index contributed by atoms with van der Waals surface area (Å²) in [6.07, 6.45) is 0. The molecule has 0 bridgehead atoms. The lowest BCUT2D eigenvalue weighted by molar-refractivity contribution is -0.385. The van der Waals surface area contributed by atoms with Gasteiger partial charge in [0.15, 0.2) is 0 Å². The smallest absolute Gasteiger partial charge is 0.272 e. The van der Waals surface area contributed by atoms with Crippen molar-refractivity contribution < 1.29 is 10.0 Å². The largest absolute Gasteiger partial charge is 0.395 e. The van der Waals surface area contributed by atoms with Gasteiger partial charge in [0.25, 0.3) is 5.69 Å². The van der Waals surface area contributed by atoms with Crippen molar-refractivity contribution in [3.8, 4) is 0 Å². The first kappa shape index (κ1) is 12.6. The first-order valence-corrected chi connectivity index (χ1v) is 5.08. The number of aliphatic hydroxyl groups is 1. The van der Waals surface area contributed by atoms with E-state index in [1.54, 1.807) is 13.0 Å². The van der Waals surface area contributed by atoms with Gasteiger partial charge in [0.2, 0.25) is 0 Å². The van der Waals surface area contributed by atoms with Crippen LogP contribution in [0.15, 0.2) is 18.2 Å². The Bertz CT molecular complexity index is 379. The van der Waals surface area contributed by atoms with E-state index in [2.05, 4.69) is 0 Å². The Morgan fingerprint density at radius 1 is 1.50 bits per heavy atom. The maximum absolute atomic E-state index is 10.6. The lowest BCUT2D eigenvalue weighted by atomic mass is 10.1. The fourth-order valence-electron chi connectivity index (χ4n) is 1.58. The normalized spacial score (nSPS) is 10.8. The van der Waals surface area contributed by atoms with Gasteiger partial charge in [0, 0.05) is 24.7 Å². The minimum absolute atomic E-state index is 0.114. The molecule has 5 nitrogen and oxygen atoms in total. The van der Waals surface area contributed by atoms with Gasteiger partial charge in [-0.15, -0.1) is 0 Å². The monoisotopic (exact) mass is 224 g/mol. The highest BCUT2D eigenvalue weighted by molar-refractivity contribution is 5.41. The van der Waals surface area contributed by atoms with E-state index in [4.69, 9.17) is 5.11 Å². The molecule has 0 atom stereocenters. The minimum atomic E-state index is -0.378. The molecule has 0 radical (unpaired) electrons. The van der Waals surface area contributed by atoms with E-state index in [1.807, 2.05) is 18.0 Å². The number of hydrogen-bond acceptors (Lipinski definition) is 4. The van der Waals surface area contributed by atoms with Crippen LogP contribution in [0.3, 0.4) is 0 Å². The van der Waals surface area contributed by atoms with Crippen LogP contribution in [0.5, 0.6) is 0 Å². The van der Waals surface area contributed by atoms with Crippen LogP contribution < -0.4 is 0 Å². The highest BCUT2D eigenvalue weighted by Gasteiger charge is 2.10. The number of nitrogens with zero attached hydrogens (tertiary/aromatic N) is 2. The Kier molecular flexibility index (Phi) is 4.39. The summed E-state index contributed by atoms with van der Waals surface area (Å²) in [5, 5.41) is 19.4. The average molecular weight is 224 g/mol. The summed E-state index contributed by atoms with van der Waals surface area (Å²) in [7, 11) is 1.90. The Morgan fingerprint density at radius 2 is 2.19 bits per heavy atom. The first-order chi connectivity index (χ1) is 7.54. The highest BCUT2D eigenvalue weighted by atomic mass is 16.6. The Labute approximate surface area is 94.5 Å². The zero-order valence-corrected chi connectivity index (χ0v) is 9.51. The second-order valence-electron chi connectivity index (χ2n) is 3.84. The zero-order valence-electron chi connectivity index (χ0n) is 9.51. The molecule has 0 unspecified atom stereocenters. The van der Waals surface area contributed by atoms with Crippen molar-refractivity contribution in [2.24, 2.45) is 0 Å². The highest BCUT2D eigenvalue weighted by Crippen LogP contribution is 2.19. The molecule has 0 fully saturated rings. The van der Waals surface area contributed by atoms with Crippen molar-refractivity contribution in [3.05, 3.63) is 39.4 Å². The molecule has 0 aliphatic heterocycles. The number of benzene rings is 1. The molecule has 0 aliphatic carbocycles. The summed E-state index contributed by atoms with van der Waals surface area (Å²) in [6.45, 7) is 3.12. The van der Waals surface area contributed by atoms with Crippen molar-refractivity contribution in [1.82, 2.24) is 4.90 Å². The standard InChI is InChI=1S/C11H16N2O3/c1-9-7-10(8-12(2)5-6-14)3-4-11(9)13(15)16/h3-4,7,14H,5-6,8H2,1-2H3. The van der Waals surface area contributed by atoms with E-state index in [9.17, 15) is 10.1 Å². The summed E-state index contributed by atoms with van der Waals surface area (Å²) in [5.41, 5.74) is 1.83. The summed E-state index contributed by atoms with van der Waals surface area (Å²) in [5.74, 6) is 0. The summed E-state index contributed by atoms with van der Waals surface area (Å²) in [6, 6.07) is 5.09. The van der Waals surface area contributed by atoms with Gasteiger partial charge in [-0.2, -0.15) is 0 Å². The summed E-state index contributed by atoms with van der Waals surface area (Å²) < 4.78 is 0. The molecule has 5 heteroatoms. The molecule has 1 N–H and O–H groups in total. The lowest BCUT2D eigenvalue weighted by Gasteiger charge is -2.15. The number of aliphatic hydroxyl groups excluding tert-OH is 1. The van der Waals surface area contributed by atoms with E-state index in [-0.39, 0.29) is 17.2 Å². The van der Waals surface area contributed by atoms with E-state index in [0.717, 1.165) is 5.56 Å². The molecule has 0 saturated heterocycles. The van der Waals surface area contributed by atoms with Gasteiger partial charge < -0.3 is 5.11 Å². The third kappa shape index (κ3) is 3.29. The van der Waals surface area contributed by atoms with Gasteiger partial charge >= 0.3 is 0 Å². The van der Waals surface area contributed by atoms with Crippen molar-refractivity contribution in [1.29, 1.82) is 0 Å². The molecule has 0 saturated carbocycles. The SMILES string of the molecule is Cc1cc(CN(C)CCO)ccc1[N+](=O)[O-]. The Balaban J connectivity index is 2.77. The second-order valence-corrected chi connectivity index (χ2v) is 3.84. The van der Waals surface area contributed by atoms with Crippen LogP contribution in [0.2, 0.25) is 0 Å². The topological polar surface area (TPSA) is 66.6 Å². The van der Waals surface area contributed by atoms with E-state index in [1.165, 1.54) is 6.07 Å². The number of likely N-dealkylation sites (N-methyl/N-ethyl adjacent to an activating group) is 1. The van der Waals surface area contributed by atoms with Gasteiger partial charge in [-0.25, -0.2) is 0 Å². The summed E-state index contributed by atoms with van der Waals surface area (Å²) in [4.78, 5) is 12.2. The van der Waals surface area contributed by atoms with Crippen molar-refractivity contribution >= 4 is 5.69 Å². The van der Waals surface area contributed by atoms with Gasteiger partial charge in [0.1, 0.15) is 0 Å².